The van der Waals surface area contributed by atoms with Crippen LogP contribution in [-0.2, 0) is 17.8 Å². The minimum absolute atomic E-state index is 0.426. The number of nitrogen functional groups attached to an aromatic ring is 1. The zero-order valence-electron chi connectivity index (χ0n) is 10.1. The summed E-state index contributed by atoms with van der Waals surface area (Å²) in [6.45, 7) is 0.426. The SMILES string of the molecule is COCc1cc(N)nc(Cc2cccc(Cl)c2)n1. The van der Waals surface area contributed by atoms with Crippen molar-refractivity contribution in [2.75, 3.05) is 12.8 Å². The summed E-state index contributed by atoms with van der Waals surface area (Å²) in [6.07, 6.45) is 0.600. The van der Waals surface area contributed by atoms with Crippen LogP contribution < -0.4 is 5.73 Å². The molecule has 0 bridgehead atoms. The van der Waals surface area contributed by atoms with Crippen LogP contribution >= 0.6 is 11.6 Å². The summed E-state index contributed by atoms with van der Waals surface area (Å²) >= 11 is 5.94. The molecule has 0 atom stereocenters. The highest BCUT2D eigenvalue weighted by molar-refractivity contribution is 6.30. The zero-order valence-corrected chi connectivity index (χ0v) is 10.8. The molecule has 0 fully saturated rings. The fraction of sp³-hybridized carbons (Fsp3) is 0.231. The molecule has 2 N–H and O–H groups in total. The van der Waals surface area contributed by atoms with Crippen molar-refractivity contribution >= 4 is 17.4 Å². The van der Waals surface area contributed by atoms with Crippen molar-refractivity contribution in [2.45, 2.75) is 13.0 Å². The predicted octanol–water partition coefficient (Wildman–Crippen LogP) is 2.45. The van der Waals surface area contributed by atoms with Crippen LogP contribution in [0.4, 0.5) is 5.82 Å². The standard InChI is InChI=1S/C13H14ClN3O/c1-18-8-11-7-12(15)17-13(16-11)6-9-3-2-4-10(14)5-9/h2-5,7H,6,8H2,1H3,(H2,15,16,17). The van der Waals surface area contributed by atoms with Gasteiger partial charge in [-0.2, -0.15) is 0 Å². The molecule has 0 spiro atoms. The molecule has 2 rings (SSSR count). The van der Waals surface area contributed by atoms with Gasteiger partial charge in [-0.1, -0.05) is 23.7 Å². The summed E-state index contributed by atoms with van der Waals surface area (Å²) in [5.41, 5.74) is 7.57. The van der Waals surface area contributed by atoms with E-state index in [0.717, 1.165) is 11.3 Å². The molecule has 0 unspecified atom stereocenters. The largest absolute Gasteiger partial charge is 0.384 e. The summed E-state index contributed by atoms with van der Waals surface area (Å²) in [4.78, 5) is 8.60. The van der Waals surface area contributed by atoms with Gasteiger partial charge in [0.15, 0.2) is 0 Å². The first-order valence-corrected chi connectivity index (χ1v) is 5.91. The van der Waals surface area contributed by atoms with E-state index in [1.807, 2.05) is 24.3 Å². The van der Waals surface area contributed by atoms with Gasteiger partial charge in [-0.15, -0.1) is 0 Å². The highest BCUT2D eigenvalue weighted by Gasteiger charge is 2.04. The third-order valence-corrected chi connectivity index (χ3v) is 2.62. The lowest BCUT2D eigenvalue weighted by atomic mass is 10.1. The molecule has 0 aliphatic carbocycles. The molecule has 5 heteroatoms. The van der Waals surface area contributed by atoms with Gasteiger partial charge in [-0.05, 0) is 17.7 Å². The Bertz CT molecular complexity index is 546. The number of nitrogens with zero attached hydrogens (tertiary/aromatic N) is 2. The third-order valence-electron chi connectivity index (χ3n) is 2.39. The van der Waals surface area contributed by atoms with Gasteiger partial charge in [-0.3, -0.25) is 0 Å². The molecule has 18 heavy (non-hydrogen) atoms. The number of nitrogens with two attached hydrogens (primary N) is 1. The number of aromatic nitrogens is 2. The maximum atomic E-state index is 5.94. The van der Waals surface area contributed by atoms with E-state index in [4.69, 9.17) is 22.1 Å². The van der Waals surface area contributed by atoms with E-state index in [9.17, 15) is 0 Å². The summed E-state index contributed by atoms with van der Waals surface area (Å²) in [6, 6.07) is 9.32. The molecule has 94 valence electrons. The van der Waals surface area contributed by atoms with Gasteiger partial charge in [0, 0.05) is 24.6 Å². The molecule has 1 aromatic heterocycles. The molecule has 0 aliphatic rings. The minimum atomic E-state index is 0.426. The number of hydrogen-bond acceptors (Lipinski definition) is 4. The van der Waals surface area contributed by atoms with Gasteiger partial charge in [0.1, 0.15) is 11.6 Å². The van der Waals surface area contributed by atoms with E-state index in [-0.39, 0.29) is 0 Å². The molecule has 2 aromatic rings. The Balaban J connectivity index is 2.23. The number of hydrogen-bond donors (Lipinski definition) is 1. The Morgan fingerprint density at radius 3 is 2.83 bits per heavy atom. The van der Waals surface area contributed by atoms with Crippen molar-refractivity contribution in [3.63, 3.8) is 0 Å². The third kappa shape index (κ3) is 3.42. The number of benzene rings is 1. The fourth-order valence-corrected chi connectivity index (χ4v) is 1.92. The molecule has 1 heterocycles. The Hall–Kier alpha value is -1.65. The normalized spacial score (nSPS) is 10.6. The molecule has 0 aliphatic heterocycles. The van der Waals surface area contributed by atoms with Crippen LogP contribution in [0, 0.1) is 0 Å². The fourth-order valence-electron chi connectivity index (χ4n) is 1.71. The number of methoxy groups -OCH3 is 1. The summed E-state index contributed by atoms with van der Waals surface area (Å²) in [5, 5.41) is 0.702. The highest BCUT2D eigenvalue weighted by atomic mass is 35.5. The molecule has 0 amide bonds. The summed E-state index contributed by atoms with van der Waals surface area (Å²) in [5.74, 6) is 1.12. The Morgan fingerprint density at radius 1 is 1.28 bits per heavy atom. The highest BCUT2D eigenvalue weighted by Crippen LogP contribution is 2.14. The summed E-state index contributed by atoms with van der Waals surface area (Å²) in [7, 11) is 1.62. The van der Waals surface area contributed by atoms with Gasteiger partial charge in [0.2, 0.25) is 0 Å². The number of anilines is 1. The van der Waals surface area contributed by atoms with Crippen LogP contribution in [0.2, 0.25) is 5.02 Å². The molecule has 0 saturated carbocycles. The lowest BCUT2D eigenvalue weighted by Crippen LogP contribution is -2.04. The van der Waals surface area contributed by atoms with Crippen LogP contribution in [0.1, 0.15) is 17.1 Å². The van der Waals surface area contributed by atoms with Crippen molar-refractivity contribution in [2.24, 2.45) is 0 Å². The maximum Gasteiger partial charge on any atom is 0.135 e. The van der Waals surface area contributed by atoms with Crippen molar-refractivity contribution in [3.8, 4) is 0 Å². The average Bonchev–Trinajstić information content (AvgIpc) is 2.28. The van der Waals surface area contributed by atoms with Gasteiger partial charge < -0.3 is 10.5 Å². The Labute approximate surface area is 111 Å². The Kier molecular flexibility index (Phi) is 4.12. The van der Waals surface area contributed by atoms with E-state index in [0.29, 0.717) is 29.7 Å². The topological polar surface area (TPSA) is 61.0 Å². The van der Waals surface area contributed by atoms with E-state index in [1.54, 1.807) is 13.2 Å². The van der Waals surface area contributed by atoms with Crippen LogP contribution in [0.5, 0.6) is 0 Å². The lowest BCUT2D eigenvalue weighted by Gasteiger charge is -2.05. The second-order valence-corrected chi connectivity index (χ2v) is 4.38. The second-order valence-electron chi connectivity index (χ2n) is 3.94. The first-order chi connectivity index (χ1) is 8.67. The van der Waals surface area contributed by atoms with Crippen LogP contribution in [0.3, 0.4) is 0 Å². The smallest absolute Gasteiger partial charge is 0.135 e. The van der Waals surface area contributed by atoms with Gasteiger partial charge in [-0.25, -0.2) is 9.97 Å². The summed E-state index contributed by atoms with van der Waals surface area (Å²) < 4.78 is 5.04. The van der Waals surface area contributed by atoms with Crippen LogP contribution in [0.15, 0.2) is 30.3 Å². The van der Waals surface area contributed by atoms with Gasteiger partial charge in [0.05, 0.1) is 12.3 Å². The first kappa shape index (κ1) is 12.8. The molecule has 4 nitrogen and oxygen atoms in total. The molecule has 1 aromatic carbocycles. The molecular weight excluding hydrogens is 250 g/mol. The lowest BCUT2D eigenvalue weighted by molar-refractivity contribution is 0.181. The van der Waals surface area contributed by atoms with E-state index >= 15 is 0 Å². The van der Waals surface area contributed by atoms with Crippen LogP contribution in [0.25, 0.3) is 0 Å². The maximum absolute atomic E-state index is 5.94. The van der Waals surface area contributed by atoms with Crippen molar-refractivity contribution < 1.29 is 4.74 Å². The van der Waals surface area contributed by atoms with Crippen LogP contribution in [-0.4, -0.2) is 17.1 Å². The first-order valence-electron chi connectivity index (χ1n) is 5.53. The second kappa shape index (κ2) is 5.80. The van der Waals surface area contributed by atoms with Crippen molar-refractivity contribution in [3.05, 3.63) is 52.4 Å². The van der Waals surface area contributed by atoms with Gasteiger partial charge in [0.25, 0.3) is 0 Å². The number of halogens is 1. The molecule has 0 radical (unpaired) electrons. The quantitative estimate of drug-likeness (QED) is 0.920. The minimum Gasteiger partial charge on any atom is -0.384 e. The average molecular weight is 264 g/mol. The van der Waals surface area contributed by atoms with E-state index in [2.05, 4.69) is 9.97 Å². The van der Waals surface area contributed by atoms with Crippen molar-refractivity contribution in [1.29, 1.82) is 0 Å². The number of rotatable bonds is 4. The van der Waals surface area contributed by atoms with Crippen molar-refractivity contribution in [1.82, 2.24) is 9.97 Å². The number of ether oxygens (including phenoxy) is 1. The zero-order chi connectivity index (χ0) is 13.0. The predicted molar refractivity (Wildman–Crippen MR) is 71.4 cm³/mol. The van der Waals surface area contributed by atoms with Gasteiger partial charge >= 0.3 is 0 Å². The molecular formula is C13H14ClN3O. The van der Waals surface area contributed by atoms with E-state index < -0.39 is 0 Å². The monoisotopic (exact) mass is 263 g/mol. The van der Waals surface area contributed by atoms with E-state index in [1.165, 1.54) is 0 Å². The Morgan fingerprint density at radius 2 is 2.11 bits per heavy atom. The molecule has 0 saturated heterocycles.